The number of nitrogens with two attached hydrogens (primary N) is 1. The van der Waals surface area contributed by atoms with Crippen LogP contribution in [0.4, 0.5) is 11.8 Å². The Kier molecular flexibility index (Phi) is 4.91. The fraction of sp³-hybridized carbons (Fsp3) is 0.583. The quantitative estimate of drug-likeness (QED) is 0.531. The van der Waals surface area contributed by atoms with Crippen molar-refractivity contribution in [3.8, 4) is 0 Å². The van der Waals surface area contributed by atoms with Gasteiger partial charge in [0.2, 0.25) is 11.9 Å². The number of nitrogens with zero attached hydrogens (tertiary/aromatic N) is 3. The second-order valence-electron chi connectivity index (χ2n) is 4.53. The number of hydrogen-bond acceptors (Lipinski definition) is 6. The molecule has 1 fully saturated rings. The Morgan fingerprint density at radius 1 is 1.37 bits per heavy atom. The van der Waals surface area contributed by atoms with Gasteiger partial charge in [0.15, 0.2) is 0 Å². The molecule has 1 amide bonds. The normalized spacial score (nSPS) is 15.1. The van der Waals surface area contributed by atoms with Crippen molar-refractivity contribution in [3.63, 3.8) is 0 Å². The molecule has 1 aromatic rings. The van der Waals surface area contributed by atoms with Crippen molar-refractivity contribution in [1.82, 2.24) is 14.9 Å². The zero-order chi connectivity index (χ0) is 13.5. The molecule has 0 aliphatic carbocycles. The zero-order valence-corrected chi connectivity index (χ0v) is 10.9. The molecule has 19 heavy (non-hydrogen) atoms. The lowest BCUT2D eigenvalue weighted by Crippen LogP contribution is -2.36. The van der Waals surface area contributed by atoms with E-state index >= 15 is 0 Å². The summed E-state index contributed by atoms with van der Waals surface area (Å²) in [5.74, 6) is 6.45. The maximum atomic E-state index is 11.9. The smallest absolute Gasteiger partial charge is 0.239 e. The van der Waals surface area contributed by atoms with Crippen molar-refractivity contribution < 1.29 is 4.79 Å². The van der Waals surface area contributed by atoms with Crippen LogP contribution in [-0.2, 0) is 4.79 Å². The first-order valence-corrected chi connectivity index (χ1v) is 6.61. The van der Waals surface area contributed by atoms with Gasteiger partial charge in [0, 0.05) is 32.3 Å². The van der Waals surface area contributed by atoms with E-state index < -0.39 is 0 Å². The summed E-state index contributed by atoms with van der Waals surface area (Å²) in [6, 6.07) is 1.74. The lowest BCUT2D eigenvalue weighted by Gasteiger charge is -2.26. The first-order chi connectivity index (χ1) is 9.29. The third-order valence-corrected chi connectivity index (χ3v) is 3.14. The number of likely N-dealkylation sites (tertiary alicyclic amines) is 1. The Morgan fingerprint density at radius 2 is 2.16 bits per heavy atom. The number of aromatic nitrogens is 2. The molecule has 0 radical (unpaired) electrons. The van der Waals surface area contributed by atoms with Crippen LogP contribution in [0.1, 0.15) is 25.7 Å². The minimum absolute atomic E-state index is 0.207. The molecule has 0 atom stereocenters. The average Bonchev–Trinajstić information content (AvgIpc) is 2.48. The number of carbonyl (C=O) groups is 1. The lowest BCUT2D eigenvalue weighted by molar-refractivity contribution is -0.131. The van der Waals surface area contributed by atoms with Gasteiger partial charge in [0.25, 0.3) is 0 Å². The van der Waals surface area contributed by atoms with Crippen LogP contribution in [0, 0.1) is 0 Å². The second kappa shape index (κ2) is 6.89. The highest BCUT2D eigenvalue weighted by Crippen LogP contribution is 2.10. The highest BCUT2D eigenvalue weighted by molar-refractivity contribution is 5.76. The van der Waals surface area contributed by atoms with Crippen LogP contribution in [0.15, 0.2) is 12.3 Å². The molecule has 2 rings (SSSR count). The van der Waals surface area contributed by atoms with E-state index in [2.05, 4.69) is 20.7 Å². The number of nitrogens with one attached hydrogen (secondary N) is 2. The van der Waals surface area contributed by atoms with Crippen molar-refractivity contribution >= 4 is 17.7 Å². The van der Waals surface area contributed by atoms with Crippen LogP contribution in [-0.4, -0.2) is 40.4 Å². The number of amides is 1. The van der Waals surface area contributed by atoms with E-state index in [1.54, 1.807) is 12.3 Å². The molecule has 1 aliphatic heterocycles. The Labute approximate surface area is 112 Å². The summed E-state index contributed by atoms with van der Waals surface area (Å²) in [7, 11) is 0. The fourth-order valence-corrected chi connectivity index (χ4v) is 2.13. The molecule has 2 heterocycles. The molecule has 0 spiro atoms. The van der Waals surface area contributed by atoms with E-state index in [9.17, 15) is 4.79 Å². The third-order valence-electron chi connectivity index (χ3n) is 3.14. The second-order valence-corrected chi connectivity index (χ2v) is 4.53. The monoisotopic (exact) mass is 264 g/mol. The van der Waals surface area contributed by atoms with Crippen molar-refractivity contribution in [2.75, 3.05) is 30.4 Å². The molecule has 0 aromatic carbocycles. The summed E-state index contributed by atoms with van der Waals surface area (Å²) in [4.78, 5) is 21.9. The van der Waals surface area contributed by atoms with Gasteiger partial charge in [-0.2, -0.15) is 4.98 Å². The van der Waals surface area contributed by atoms with Gasteiger partial charge in [-0.1, -0.05) is 0 Å². The molecule has 4 N–H and O–H groups in total. The molecule has 1 saturated heterocycles. The summed E-state index contributed by atoms with van der Waals surface area (Å²) in [6.45, 7) is 2.36. The van der Waals surface area contributed by atoms with Crippen LogP contribution in [0.3, 0.4) is 0 Å². The van der Waals surface area contributed by atoms with E-state index in [1.165, 1.54) is 6.42 Å². The van der Waals surface area contributed by atoms with Gasteiger partial charge in [-0.15, -0.1) is 0 Å². The lowest BCUT2D eigenvalue weighted by atomic mass is 10.1. The number of anilines is 2. The number of nitrogen functional groups attached to an aromatic ring is 1. The molecule has 0 saturated carbocycles. The number of hydrogen-bond donors (Lipinski definition) is 3. The zero-order valence-electron chi connectivity index (χ0n) is 10.9. The number of rotatable bonds is 5. The largest absolute Gasteiger partial charge is 0.369 e. The number of carbonyl (C=O) groups excluding carboxylic acids is 1. The number of piperidine rings is 1. The Bertz CT molecular complexity index is 418. The minimum Gasteiger partial charge on any atom is -0.369 e. The molecular formula is C12H20N6O. The SMILES string of the molecule is NNc1nccc(NCCC(=O)N2CCCCC2)n1. The molecule has 104 valence electrons. The van der Waals surface area contributed by atoms with E-state index in [0.717, 1.165) is 25.9 Å². The van der Waals surface area contributed by atoms with Crippen molar-refractivity contribution in [2.24, 2.45) is 5.84 Å². The summed E-state index contributed by atoms with van der Waals surface area (Å²) in [5, 5.41) is 3.10. The van der Waals surface area contributed by atoms with Gasteiger partial charge >= 0.3 is 0 Å². The highest BCUT2D eigenvalue weighted by atomic mass is 16.2. The number of hydrazine groups is 1. The maximum absolute atomic E-state index is 11.9. The van der Waals surface area contributed by atoms with Gasteiger partial charge in [-0.3, -0.25) is 10.2 Å². The minimum atomic E-state index is 0.207. The van der Waals surface area contributed by atoms with Gasteiger partial charge in [-0.25, -0.2) is 10.8 Å². The van der Waals surface area contributed by atoms with Crippen molar-refractivity contribution in [3.05, 3.63) is 12.3 Å². The van der Waals surface area contributed by atoms with E-state index in [0.29, 0.717) is 24.7 Å². The maximum Gasteiger partial charge on any atom is 0.239 e. The van der Waals surface area contributed by atoms with Gasteiger partial charge in [-0.05, 0) is 25.3 Å². The fourth-order valence-electron chi connectivity index (χ4n) is 2.13. The molecule has 1 aromatic heterocycles. The van der Waals surface area contributed by atoms with Gasteiger partial charge in [0.1, 0.15) is 5.82 Å². The van der Waals surface area contributed by atoms with Gasteiger partial charge in [0.05, 0.1) is 0 Å². The van der Waals surface area contributed by atoms with E-state index in [4.69, 9.17) is 5.84 Å². The van der Waals surface area contributed by atoms with Crippen LogP contribution in [0.25, 0.3) is 0 Å². The Morgan fingerprint density at radius 3 is 2.89 bits per heavy atom. The first-order valence-electron chi connectivity index (χ1n) is 6.61. The van der Waals surface area contributed by atoms with Crippen LogP contribution >= 0.6 is 0 Å². The predicted molar refractivity (Wildman–Crippen MR) is 73.4 cm³/mol. The van der Waals surface area contributed by atoms with E-state index in [1.807, 2.05) is 4.90 Å². The third kappa shape index (κ3) is 4.06. The average molecular weight is 264 g/mol. The van der Waals surface area contributed by atoms with Crippen molar-refractivity contribution in [1.29, 1.82) is 0 Å². The highest BCUT2D eigenvalue weighted by Gasteiger charge is 2.15. The summed E-state index contributed by atoms with van der Waals surface area (Å²) in [5.41, 5.74) is 2.38. The topological polar surface area (TPSA) is 96.2 Å². The molecule has 7 heteroatoms. The standard InChI is InChI=1S/C12H20N6O/c13-17-12-15-6-4-10(16-12)14-7-5-11(19)18-8-2-1-3-9-18/h4,6H,1-3,5,7-9,13H2,(H2,14,15,16,17). The van der Waals surface area contributed by atoms with Crippen LogP contribution in [0.5, 0.6) is 0 Å². The molecule has 0 unspecified atom stereocenters. The van der Waals surface area contributed by atoms with E-state index in [-0.39, 0.29) is 5.91 Å². The molecular weight excluding hydrogens is 244 g/mol. The molecule has 7 nitrogen and oxygen atoms in total. The van der Waals surface area contributed by atoms with Crippen molar-refractivity contribution in [2.45, 2.75) is 25.7 Å². The summed E-state index contributed by atoms with van der Waals surface area (Å²) in [6.07, 6.45) is 5.57. The molecule has 1 aliphatic rings. The summed E-state index contributed by atoms with van der Waals surface area (Å²) < 4.78 is 0. The predicted octanol–water partition coefficient (Wildman–Crippen LogP) is 0.577. The Hall–Kier alpha value is -1.89. The Balaban J connectivity index is 1.74. The first kappa shape index (κ1) is 13.5. The van der Waals surface area contributed by atoms with Crippen LogP contribution < -0.4 is 16.6 Å². The van der Waals surface area contributed by atoms with Gasteiger partial charge < -0.3 is 10.2 Å². The molecule has 0 bridgehead atoms. The van der Waals surface area contributed by atoms with Crippen LogP contribution in [0.2, 0.25) is 0 Å². The summed E-state index contributed by atoms with van der Waals surface area (Å²) >= 11 is 0.